The Kier molecular flexibility index (Phi) is 8.91. The van der Waals surface area contributed by atoms with Crippen LogP contribution < -0.4 is 19.7 Å². The van der Waals surface area contributed by atoms with Gasteiger partial charge < -0.3 is 14.2 Å². The predicted octanol–water partition coefficient (Wildman–Crippen LogP) is 3.73. The number of para-hydroxylation sites is 1. The molecule has 0 unspecified atom stereocenters. The number of nitrogens with one attached hydrogen (secondary N) is 1. The molecule has 1 fully saturated rings. The van der Waals surface area contributed by atoms with Gasteiger partial charge in [0.05, 0.1) is 18.9 Å². The van der Waals surface area contributed by atoms with Crippen molar-refractivity contribution < 1.29 is 33.0 Å². The van der Waals surface area contributed by atoms with Crippen molar-refractivity contribution in [3.8, 4) is 11.5 Å². The molecule has 1 saturated heterocycles. The number of thiocarbonyl (C=S) groups is 1. The average Bonchev–Trinajstić information content (AvgIpc) is 2.83. The van der Waals surface area contributed by atoms with E-state index in [9.17, 15) is 18.8 Å². The number of benzene rings is 2. The minimum absolute atomic E-state index is 0.0801. The molecule has 1 N–H and O–H groups in total. The second-order valence-corrected chi connectivity index (χ2v) is 7.82. The van der Waals surface area contributed by atoms with Crippen molar-refractivity contribution in [3.63, 3.8) is 0 Å². The van der Waals surface area contributed by atoms with E-state index in [-0.39, 0.29) is 36.2 Å². The van der Waals surface area contributed by atoms with Crippen LogP contribution in [0.3, 0.4) is 0 Å². The number of amides is 2. The Morgan fingerprint density at radius 1 is 1.17 bits per heavy atom. The van der Waals surface area contributed by atoms with Crippen molar-refractivity contribution in [1.82, 2.24) is 5.32 Å². The monoisotopic (exact) mass is 512 g/mol. The van der Waals surface area contributed by atoms with Gasteiger partial charge >= 0.3 is 5.97 Å². The molecule has 0 atom stereocenters. The molecule has 1 heterocycles. The molecule has 0 bridgehead atoms. The number of carbonyl (C=O) groups excluding carboxylic acids is 3. The van der Waals surface area contributed by atoms with Gasteiger partial charge in [-0.1, -0.05) is 18.2 Å². The zero-order valence-corrected chi connectivity index (χ0v) is 20.7. The van der Waals surface area contributed by atoms with E-state index < -0.39 is 23.6 Å². The summed E-state index contributed by atoms with van der Waals surface area (Å²) in [6.45, 7) is 7.40. The first-order valence-corrected chi connectivity index (χ1v) is 11.6. The normalized spacial score (nSPS) is 14.5. The molecule has 0 aliphatic carbocycles. The average molecular weight is 513 g/mol. The fraction of sp³-hybridized carbons (Fsp3) is 0.231. The van der Waals surface area contributed by atoms with E-state index in [1.165, 1.54) is 24.3 Å². The van der Waals surface area contributed by atoms with Gasteiger partial charge in [-0.15, -0.1) is 6.58 Å². The van der Waals surface area contributed by atoms with Crippen molar-refractivity contribution in [2.24, 2.45) is 0 Å². The smallest absolute Gasteiger partial charge is 0.344 e. The summed E-state index contributed by atoms with van der Waals surface area (Å²) >= 11 is 5.13. The van der Waals surface area contributed by atoms with Gasteiger partial charge in [-0.3, -0.25) is 14.9 Å². The number of esters is 1. The number of allylic oxidation sites excluding steroid dienone is 1. The molecule has 8 nitrogen and oxygen atoms in total. The molecule has 0 radical (unpaired) electrons. The second kappa shape index (κ2) is 12.1. The number of hydrogen-bond donors (Lipinski definition) is 1. The minimum atomic E-state index is -0.778. The highest BCUT2D eigenvalue weighted by atomic mass is 32.1. The van der Waals surface area contributed by atoms with Gasteiger partial charge in [0.1, 0.15) is 11.4 Å². The minimum Gasteiger partial charge on any atom is -0.490 e. The summed E-state index contributed by atoms with van der Waals surface area (Å²) in [6.07, 6.45) is 3.34. The van der Waals surface area contributed by atoms with Gasteiger partial charge in [0.2, 0.25) is 0 Å². The van der Waals surface area contributed by atoms with E-state index in [0.29, 0.717) is 29.0 Å². The number of carbonyl (C=O) groups is 3. The molecule has 0 spiro atoms. The number of nitrogens with zero attached hydrogens (tertiary/aromatic N) is 1. The standard InChI is InChI=1S/C26H25FN2O6S/c1-4-9-17-12-16(14-21(33-5-2)23(17)35-15-22(30)34-6-3)13-18-24(31)28-26(36)29(25(18)32)20-11-8-7-10-19(20)27/h4,7-8,10-14H,1,5-6,9,15H2,2-3H3,(H,28,31,36)/b18-13+. The van der Waals surface area contributed by atoms with Crippen LogP contribution in [0.1, 0.15) is 25.0 Å². The molecule has 0 saturated carbocycles. The molecule has 36 heavy (non-hydrogen) atoms. The quantitative estimate of drug-likeness (QED) is 0.170. The zero-order valence-electron chi connectivity index (χ0n) is 19.8. The van der Waals surface area contributed by atoms with Gasteiger partial charge in [0, 0.05) is 5.56 Å². The van der Waals surface area contributed by atoms with Crippen LogP contribution in [0.2, 0.25) is 0 Å². The Morgan fingerprint density at radius 2 is 1.92 bits per heavy atom. The second-order valence-electron chi connectivity index (χ2n) is 7.44. The van der Waals surface area contributed by atoms with Crippen LogP contribution in [0, 0.1) is 5.82 Å². The van der Waals surface area contributed by atoms with E-state index in [2.05, 4.69) is 11.9 Å². The highest BCUT2D eigenvalue weighted by Gasteiger charge is 2.35. The van der Waals surface area contributed by atoms with Gasteiger partial charge in [0.25, 0.3) is 11.8 Å². The van der Waals surface area contributed by atoms with Crippen molar-refractivity contribution in [2.75, 3.05) is 24.7 Å². The maximum absolute atomic E-state index is 14.4. The van der Waals surface area contributed by atoms with Crippen LogP contribution in [-0.4, -0.2) is 42.7 Å². The fourth-order valence-corrected chi connectivity index (χ4v) is 3.78. The molecule has 3 rings (SSSR count). The Labute approximate surface area is 213 Å². The Balaban J connectivity index is 2.04. The first-order valence-electron chi connectivity index (χ1n) is 11.2. The maximum Gasteiger partial charge on any atom is 0.344 e. The first-order chi connectivity index (χ1) is 17.3. The van der Waals surface area contributed by atoms with Gasteiger partial charge in [-0.25, -0.2) is 14.1 Å². The number of rotatable bonds is 10. The molecule has 188 valence electrons. The zero-order chi connectivity index (χ0) is 26.2. The van der Waals surface area contributed by atoms with E-state index in [1.54, 1.807) is 38.1 Å². The third-order valence-corrected chi connectivity index (χ3v) is 5.25. The predicted molar refractivity (Wildman–Crippen MR) is 136 cm³/mol. The summed E-state index contributed by atoms with van der Waals surface area (Å²) in [5, 5.41) is 2.21. The Bertz CT molecular complexity index is 1240. The summed E-state index contributed by atoms with van der Waals surface area (Å²) in [7, 11) is 0. The molecule has 1 aliphatic heterocycles. The molecule has 1 aliphatic rings. The van der Waals surface area contributed by atoms with Crippen LogP contribution in [0.25, 0.3) is 6.08 Å². The number of hydrogen-bond acceptors (Lipinski definition) is 7. The molecule has 2 aromatic carbocycles. The lowest BCUT2D eigenvalue weighted by Crippen LogP contribution is -2.54. The van der Waals surface area contributed by atoms with Crippen LogP contribution in [-0.2, 0) is 25.5 Å². The summed E-state index contributed by atoms with van der Waals surface area (Å²) in [4.78, 5) is 38.7. The highest BCUT2D eigenvalue weighted by Crippen LogP contribution is 2.35. The lowest BCUT2D eigenvalue weighted by Gasteiger charge is -2.29. The third kappa shape index (κ3) is 5.95. The van der Waals surface area contributed by atoms with Crippen LogP contribution in [0.5, 0.6) is 11.5 Å². The van der Waals surface area contributed by atoms with Crippen LogP contribution in [0.15, 0.2) is 54.6 Å². The van der Waals surface area contributed by atoms with Crippen LogP contribution >= 0.6 is 12.2 Å². The van der Waals surface area contributed by atoms with E-state index in [4.69, 9.17) is 26.4 Å². The summed E-state index contributed by atoms with van der Waals surface area (Å²) in [6, 6.07) is 8.87. The fourth-order valence-electron chi connectivity index (χ4n) is 3.51. The molecular weight excluding hydrogens is 487 g/mol. The van der Waals surface area contributed by atoms with Gasteiger partial charge in [-0.2, -0.15) is 0 Å². The van der Waals surface area contributed by atoms with E-state index in [1.807, 2.05) is 0 Å². The lowest BCUT2D eigenvalue weighted by atomic mass is 10.0. The number of ether oxygens (including phenoxy) is 3. The lowest BCUT2D eigenvalue weighted by molar-refractivity contribution is -0.145. The molecule has 2 aromatic rings. The summed E-state index contributed by atoms with van der Waals surface area (Å²) in [5.41, 5.74) is 0.721. The molecule has 10 heteroatoms. The van der Waals surface area contributed by atoms with Crippen molar-refractivity contribution in [2.45, 2.75) is 20.3 Å². The molecule has 2 amide bonds. The third-order valence-electron chi connectivity index (χ3n) is 4.96. The largest absolute Gasteiger partial charge is 0.490 e. The Morgan fingerprint density at radius 3 is 2.58 bits per heavy atom. The van der Waals surface area contributed by atoms with Crippen molar-refractivity contribution in [1.29, 1.82) is 0 Å². The number of halogens is 1. The topological polar surface area (TPSA) is 94.2 Å². The Hall–Kier alpha value is -4.05. The first kappa shape index (κ1) is 26.6. The summed E-state index contributed by atoms with van der Waals surface area (Å²) < 4.78 is 30.7. The summed E-state index contributed by atoms with van der Waals surface area (Å²) in [5.74, 6) is -2.08. The van der Waals surface area contributed by atoms with Crippen LogP contribution in [0.4, 0.5) is 10.1 Å². The van der Waals surface area contributed by atoms with Gasteiger partial charge in [-0.05, 0) is 68.4 Å². The molecular formula is C26H25FN2O6S. The maximum atomic E-state index is 14.4. The number of anilines is 1. The van der Waals surface area contributed by atoms with E-state index >= 15 is 0 Å². The van der Waals surface area contributed by atoms with Crippen molar-refractivity contribution in [3.05, 3.63) is 71.6 Å². The van der Waals surface area contributed by atoms with E-state index in [0.717, 1.165) is 4.90 Å². The van der Waals surface area contributed by atoms with Gasteiger partial charge in [0.15, 0.2) is 23.2 Å². The van der Waals surface area contributed by atoms with Crippen molar-refractivity contribution >= 4 is 46.9 Å². The SMILES string of the molecule is C=CCc1cc(/C=C2\C(=O)NC(=S)N(c3ccccc3F)C2=O)cc(OCC)c1OCC(=O)OCC. The highest BCUT2D eigenvalue weighted by molar-refractivity contribution is 7.80. The molecule has 0 aromatic heterocycles.